The number of methoxy groups -OCH3 is 1. The summed E-state index contributed by atoms with van der Waals surface area (Å²) in [6.45, 7) is 4.22. The van der Waals surface area contributed by atoms with Crippen LogP contribution in [0.1, 0.15) is 16.7 Å². The molecule has 1 heterocycles. The Balaban J connectivity index is 1.64. The van der Waals surface area contributed by atoms with Crippen molar-refractivity contribution in [3.05, 3.63) is 104 Å². The molecule has 0 unspecified atom stereocenters. The van der Waals surface area contributed by atoms with E-state index in [-0.39, 0.29) is 5.24 Å². The lowest BCUT2D eigenvalue weighted by atomic mass is 10.0. The quantitative estimate of drug-likeness (QED) is 0.206. The Kier molecular flexibility index (Phi) is 8.00. The van der Waals surface area contributed by atoms with E-state index in [9.17, 15) is 9.59 Å². The van der Waals surface area contributed by atoms with Crippen LogP contribution in [0.2, 0.25) is 5.02 Å². The minimum Gasteiger partial charge on any atom is -0.493 e. The van der Waals surface area contributed by atoms with Gasteiger partial charge in [-0.2, -0.15) is 0 Å². The number of nitrogens with zero attached hydrogens (tertiary/aromatic N) is 1. The third-order valence-corrected chi connectivity index (χ3v) is 6.83. The summed E-state index contributed by atoms with van der Waals surface area (Å²) in [7, 11) is 1.57. The minimum absolute atomic E-state index is 0.310. The molecule has 178 valence electrons. The van der Waals surface area contributed by atoms with E-state index < -0.39 is 5.91 Å². The van der Waals surface area contributed by atoms with Crippen LogP contribution in [-0.2, 0) is 17.8 Å². The number of hydrogen-bond acceptors (Lipinski definition) is 5. The molecule has 0 bridgehead atoms. The van der Waals surface area contributed by atoms with E-state index in [0.717, 1.165) is 32.3 Å². The Morgan fingerprint density at radius 1 is 1.11 bits per heavy atom. The molecule has 5 nitrogen and oxygen atoms in total. The number of benzene rings is 3. The minimum atomic E-state index is -0.401. The molecule has 0 atom stereocenters. The number of halogens is 2. The van der Waals surface area contributed by atoms with Crippen molar-refractivity contribution in [1.82, 2.24) is 0 Å². The molecule has 2 amide bonds. The van der Waals surface area contributed by atoms with E-state index in [1.54, 1.807) is 49.6 Å². The fraction of sp³-hybridized carbons (Fsp3) is 0.111. The molecule has 0 radical (unpaired) electrons. The maximum Gasteiger partial charge on any atom is 0.298 e. The van der Waals surface area contributed by atoms with Crippen LogP contribution in [0.25, 0.3) is 6.08 Å². The summed E-state index contributed by atoms with van der Waals surface area (Å²) >= 11 is 10.4. The van der Waals surface area contributed by atoms with Gasteiger partial charge < -0.3 is 9.47 Å². The van der Waals surface area contributed by atoms with Crippen molar-refractivity contribution in [2.75, 3.05) is 12.0 Å². The van der Waals surface area contributed by atoms with Crippen molar-refractivity contribution in [2.45, 2.75) is 13.0 Å². The van der Waals surface area contributed by atoms with Crippen LogP contribution in [0, 0.1) is 0 Å². The molecule has 1 aliphatic heterocycles. The molecule has 0 N–H and O–H groups in total. The zero-order chi connectivity index (χ0) is 24.9. The van der Waals surface area contributed by atoms with Gasteiger partial charge in [-0.05, 0) is 77.9 Å². The second-order valence-corrected chi connectivity index (χ2v) is 9.96. The molecule has 1 fully saturated rings. The van der Waals surface area contributed by atoms with E-state index in [0.29, 0.717) is 45.7 Å². The van der Waals surface area contributed by atoms with Crippen LogP contribution in [0.5, 0.6) is 11.5 Å². The molecule has 1 saturated heterocycles. The molecule has 0 aromatic heterocycles. The third kappa shape index (κ3) is 5.81. The lowest BCUT2D eigenvalue weighted by Crippen LogP contribution is -2.27. The predicted octanol–water partition coefficient (Wildman–Crippen LogP) is 7.66. The molecule has 8 heteroatoms. The van der Waals surface area contributed by atoms with E-state index in [2.05, 4.69) is 22.5 Å². The number of thioether (sulfide) groups is 1. The van der Waals surface area contributed by atoms with E-state index in [1.807, 2.05) is 30.3 Å². The third-order valence-electron chi connectivity index (χ3n) is 5.19. The largest absolute Gasteiger partial charge is 0.493 e. The Morgan fingerprint density at radius 2 is 1.89 bits per heavy atom. The molecular weight excluding hydrogens is 550 g/mol. The number of hydrogen-bond donors (Lipinski definition) is 0. The van der Waals surface area contributed by atoms with Crippen LogP contribution >= 0.6 is 39.3 Å². The number of amides is 2. The first-order chi connectivity index (χ1) is 16.9. The normalized spacial score (nSPS) is 14.5. The second-order valence-electron chi connectivity index (χ2n) is 7.62. The van der Waals surface area contributed by atoms with Crippen LogP contribution in [0.4, 0.5) is 10.5 Å². The second kappa shape index (κ2) is 11.2. The highest BCUT2D eigenvalue weighted by Crippen LogP contribution is 2.39. The summed E-state index contributed by atoms with van der Waals surface area (Å²) in [4.78, 5) is 27.1. The number of carbonyl (C=O) groups excluding carboxylic acids is 2. The SMILES string of the molecule is C=CCc1cc(/C=C2/SC(=O)N(c3cccc(Cl)c3)C2=O)cc(OC)c1OCc1ccc(Br)cc1. The zero-order valence-corrected chi connectivity index (χ0v) is 22.0. The smallest absolute Gasteiger partial charge is 0.298 e. The van der Waals surface area contributed by atoms with Gasteiger partial charge in [0.15, 0.2) is 11.5 Å². The molecule has 4 rings (SSSR count). The number of anilines is 1. The number of allylic oxidation sites excluding steroid dienone is 1. The molecule has 0 spiro atoms. The van der Waals surface area contributed by atoms with E-state index >= 15 is 0 Å². The van der Waals surface area contributed by atoms with E-state index in [1.165, 1.54) is 0 Å². The molecular formula is C27H21BrClNO4S. The fourth-order valence-corrected chi connectivity index (χ4v) is 4.87. The Morgan fingerprint density at radius 3 is 2.57 bits per heavy atom. The summed E-state index contributed by atoms with van der Waals surface area (Å²) < 4.78 is 12.7. The average molecular weight is 571 g/mol. The van der Waals surface area contributed by atoms with Gasteiger partial charge in [-0.3, -0.25) is 9.59 Å². The summed E-state index contributed by atoms with van der Waals surface area (Å²) in [5.74, 6) is 0.739. The lowest BCUT2D eigenvalue weighted by molar-refractivity contribution is -0.113. The average Bonchev–Trinajstić information content (AvgIpc) is 3.11. The van der Waals surface area contributed by atoms with Crippen molar-refractivity contribution in [1.29, 1.82) is 0 Å². The van der Waals surface area contributed by atoms with Gasteiger partial charge in [0, 0.05) is 15.1 Å². The Labute approximate surface area is 221 Å². The topological polar surface area (TPSA) is 55.8 Å². The van der Waals surface area contributed by atoms with Gasteiger partial charge in [-0.25, -0.2) is 4.90 Å². The highest BCUT2D eigenvalue weighted by Gasteiger charge is 2.36. The molecule has 0 saturated carbocycles. The van der Waals surface area contributed by atoms with Gasteiger partial charge in [-0.1, -0.05) is 51.8 Å². The van der Waals surface area contributed by atoms with Gasteiger partial charge in [0.2, 0.25) is 0 Å². The summed E-state index contributed by atoms with van der Waals surface area (Å²) in [5.41, 5.74) is 3.02. The number of imide groups is 1. The summed E-state index contributed by atoms with van der Waals surface area (Å²) in [6, 6.07) is 18.2. The highest BCUT2D eigenvalue weighted by atomic mass is 79.9. The fourth-order valence-electron chi connectivity index (χ4n) is 3.58. The number of ether oxygens (including phenoxy) is 2. The summed E-state index contributed by atoms with van der Waals surface area (Å²) in [6.07, 6.45) is 4.00. The van der Waals surface area contributed by atoms with Gasteiger partial charge in [0.05, 0.1) is 17.7 Å². The molecule has 35 heavy (non-hydrogen) atoms. The Bertz CT molecular complexity index is 1320. The van der Waals surface area contributed by atoms with Crippen LogP contribution in [-0.4, -0.2) is 18.3 Å². The standard InChI is InChI=1S/C27H21BrClNO4S/c1-3-5-19-12-18(13-23(33-2)25(19)34-16-17-8-10-20(28)11-9-17)14-24-26(31)30(27(32)35-24)22-7-4-6-21(29)15-22/h3-4,6-15H,1,5,16H2,2H3/b24-14+. The first-order valence-electron chi connectivity index (χ1n) is 10.6. The van der Waals surface area contributed by atoms with Gasteiger partial charge in [0.1, 0.15) is 6.61 Å². The first-order valence-corrected chi connectivity index (χ1v) is 12.6. The highest BCUT2D eigenvalue weighted by molar-refractivity contribution is 9.10. The monoisotopic (exact) mass is 569 g/mol. The van der Waals surface area contributed by atoms with Crippen LogP contribution in [0.3, 0.4) is 0 Å². The number of rotatable bonds is 8. The van der Waals surface area contributed by atoms with Crippen LogP contribution < -0.4 is 14.4 Å². The van der Waals surface area contributed by atoms with Gasteiger partial charge in [-0.15, -0.1) is 6.58 Å². The molecule has 3 aromatic carbocycles. The predicted molar refractivity (Wildman–Crippen MR) is 145 cm³/mol. The molecule has 1 aliphatic rings. The van der Waals surface area contributed by atoms with Gasteiger partial charge >= 0.3 is 0 Å². The molecule has 3 aromatic rings. The lowest BCUT2D eigenvalue weighted by Gasteiger charge is -2.16. The van der Waals surface area contributed by atoms with Crippen molar-refractivity contribution in [3.8, 4) is 11.5 Å². The molecule has 0 aliphatic carbocycles. The van der Waals surface area contributed by atoms with Crippen molar-refractivity contribution in [2.24, 2.45) is 0 Å². The van der Waals surface area contributed by atoms with Gasteiger partial charge in [0.25, 0.3) is 11.1 Å². The van der Waals surface area contributed by atoms with Crippen molar-refractivity contribution < 1.29 is 19.1 Å². The maximum atomic E-state index is 13.0. The number of carbonyl (C=O) groups is 2. The maximum absolute atomic E-state index is 13.0. The zero-order valence-electron chi connectivity index (χ0n) is 18.8. The van der Waals surface area contributed by atoms with E-state index in [4.69, 9.17) is 21.1 Å². The summed E-state index contributed by atoms with van der Waals surface area (Å²) in [5, 5.41) is 0.0688. The van der Waals surface area contributed by atoms with Crippen molar-refractivity contribution >= 4 is 62.2 Å². The van der Waals surface area contributed by atoms with Crippen LogP contribution in [0.15, 0.2) is 82.7 Å². The first kappa shape index (κ1) is 25.1. The Hall–Kier alpha value is -3.00. The van der Waals surface area contributed by atoms with Crippen molar-refractivity contribution in [3.63, 3.8) is 0 Å².